The van der Waals surface area contributed by atoms with Gasteiger partial charge in [0.2, 0.25) is 0 Å². The number of aromatic nitrogens is 1. The zero-order valence-electron chi connectivity index (χ0n) is 9.55. The van der Waals surface area contributed by atoms with Gasteiger partial charge in [0.15, 0.2) is 0 Å². The maximum atomic E-state index is 5.27. The van der Waals surface area contributed by atoms with E-state index >= 15 is 0 Å². The third-order valence-electron chi connectivity index (χ3n) is 2.73. The van der Waals surface area contributed by atoms with Gasteiger partial charge in [0.05, 0.1) is 6.10 Å². The predicted molar refractivity (Wildman–Crippen MR) is 65.1 cm³/mol. The number of hydrogen-bond donors (Lipinski definition) is 0. The summed E-state index contributed by atoms with van der Waals surface area (Å²) in [5.41, 5.74) is 3.51. The SMILES string of the molecule is CO[C@@H](C)c1ccc(-c2cccnc2)cc1. The Labute approximate surface area is 95.9 Å². The van der Waals surface area contributed by atoms with Crippen molar-refractivity contribution in [3.63, 3.8) is 0 Å². The lowest BCUT2D eigenvalue weighted by atomic mass is 10.0. The molecule has 82 valence electrons. The van der Waals surface area contributed by atoms with Crippen LogP contribution in [-0.2, 0) is 4.74 Å². The summed E-state index contributed by atoms with van der Waals surface area (Å²) in [6.07, 6.45) is 3.79. The van der Waals surface area contributed by atoms with E-state index in [-0.39, 0.29) is 6.10 Å². The first-order chi connectivity index (χ1) is 7.81. The molecule has 0 fully saturated rings. The molecule has 0 unspecified atom stereocenters. The van der Waals surface area contributed by atoms with Crippen molar-refractivity contribution >= 4 is 0 Å². The number of ether oxygens (including phenoxy) is 1. The fourth-order valence-electron chi connectivity index (χ4n) is 1.62. The third kappa shape index (κ3) is 2.28. The van der Waals surface area contributed by atoms with Gasteiger partial charge in [0.1, 0.15) is 0 Å². The molecule has 0 amide bonds. The van der Waals surface area contributed by atoms with E-state index in [1.54, 1.807) is 13.3 Å². The molecule has 1 atom stereocenters. The fourth-order valence-corrected chi connectivity index (χ4v) is 1.62. The van der Waals surface area contributed by atoms with Crippen molar-refractivity contribution in [1.82, 2.24) is 4.98 Å². The van der Waals surface area contributed by atoms with Crippen molar-refractivity contribution in [1.29, 1.82) is 0 Å². The summed E-state index contributed by atoms with van der Waals surface area (Å²) < 4.78 is 5.27. The molecule has 2 aromatic rings. The topological polar surface area (TPSA) is 22.1 Å². The first-order valence-electron chi connectivity index (χ1n) is 5.34. The second-order valence-electron chi connectivity index (χ2n) is 3.74. The molecule has 0 saturated heterocycles. The number of nitrogens with zero attached hydrogens (tertiary/aromatic N) is 1. The van der Waals surface area contributed by atoms with E-state index in [9.17, 15) is 0 Å². The largest absolute Gasteiger partial charge is 0.377 e. The maximum Gasteiger partial charge on any atom is 0.0793 e. The van der Waals surface area contributed by atoms with Gasteiger partial charge in [-0.1, -0.05) is 30.3 Å². The molecule has 1 heterocycles. The average Bonchev–Trinajstić information content (AvgIpc) is 2.39. The lowest BCUT2D eigenvalue weighted by Crippen LogP contribution is -1.94. The van der Waals surface area contributed by atoms with Gasteiger partial charge in [-0.3, -0.25) is 4.98 Å². The Balaban J connectivity index is 2.26. The van der Waals surface area contributed by atoms with E-state index in [0.717, 1.165) is 5.56 Å². The summed E-state index contributed by atoms with van der Waals surface area (Å²) in [5, 5.41) is 0. The van der Waals surface area contributed by atoms with Gasteiger partial charge in [-0.15, -0.1) is 0 Å². The van der Waals surface area contributed by atoms with Crippen LogP contribution in [-0.4, -0.2) is 12.1 Å². The first kappa shape index (κ1) is 10.8. The van der Waals surface area contributed by atoms with Crippen LogP contribution in [0.15, 0.2) is 48.8 Å². The van der Waals surface area contributed by atoms with Gasteiger partial charge < -0.3 is 4.74 Å². The van der Waals surface area contributed by atoms with Gasteiger partial charge in [-0.2, -0.15) is 0 Å². The van der Waals surface area contributed by atoms with Crippen LogP contribution >= 0.6 is 0 Å². The number of benzene rings is 1. The summed E-state index contributed by atoms with van der Waals surface area (Å²) >= 11 is 0. The number of hydrogen-bond acceptors (Lipinski definition) is 2. The van der Waals surface area contributed by atoms with Crippen LogP contribution in [0.25, 0.3) is 11.1 Å². The molecule has 2 rings (SSSR count). The van der Waals surface area contributed by atoms with Crippen LogP contribution in [0.4, 0.5) is 0 Å². The van der Waals surface area contributed by atoms with Crippen LogP contribution in [0.3, 0.4) is 0 Å². The van der Waals surface area contributed by atoms with E-state index in [4.69, 9.17) is 4.74 Å². The average molecular weight is 213 g/mol. The van der Waals surface area contributed by atoms with E-state index in [1.807, 2.05) is 19.2 Å². The number of rotatable bonds is 3. The first-order valence-corrected chi connectivity index (χ1v) is 5.34. The van der Waals surface area contributed by atoms with Crippen LogP contribution in [0.5, 0.6) is 0 Å². The summed E-state index contributed by atoms with van der Waals surface area (Å²) in [4.78, 5) is 4.11. The summed E-state index contributed by atoms with van der Waals surface area (Å²) in [5.74, 6) is 0. The van der Waals surface area contributed by atoms with Crippen molar-refractivity contribution < 1.29 is 4.74 Å². The molecule has 0 spiro atoms. The smallest absolute Gasteiger partial charge is 0.0793 e. The summed E-state index contributed by atoms with van der Waals surface area (Å²) in [6.45, 7) is 2.04. The monoisotopic (exact) mass is 213 g/mol. The molecule has 2 heteroatoms. The van der Waals surface area contributed by atoms with Crippen LogP contribution in [0.2, 0.25) is 0 Å². The minimum Gasteiger partial charge on any atom is -0.377 e. The Hall–Kier alpha value is -1.67. The zero-order chi connectivity index (χ0) is 11.4. The van der Waals surface area contributed by atoms with E-state index in [2.05, 4.69) is 35.3 Å². The normalized spacial score (nSPS) is 12.4. The van der Waals surface area contributed by atoms with E-state index < -0.39 is 0 Å². The highest BCUT2D eigenvalue weighted by molar-refractivity contribution is 5.62. The van der Waals surface area contributed by atoms with Crippen LogP contribution in [0, 0.1) is 0 Å². The molecule has 0 radical (unpaired) electrons. The lowest BCUT2D eigenvalue weighted by Gasteiger charge is -2.10. The molecular weight excluding hydrogens is 198 g/mol. The Morgan fingerprint density at radius 3 is 2.38 bits per heavy atom. The van der Waals surface area contributed by atoms with Crippen LogP contribution in [0.1, 0.15) is 18.6 Å². The molecule has 0 aliphatic rings. The minimum absolute atomic E-state index is 0.142. The van der Waals surface area contributed by atoms with Gasteiger partial charge in [0, 0.05) is 19.5 Å². The third-order valence-corrected chi connectivity index (χ3v) is 2.73. The number of methoxy groups -OCH3 is 1. The zero-order valence-corrected chi connectivity index (χ0v) is 9.55. The Morgan fingerprint density at radius 1 is 1.06 bits per heavy atom. The Bertz CT molecular complexity index is 436. The molecule has 0 bridgehead atoms. The van der Waals surface area contributed by atoms with Gasteiger partial charge in [-0.25, -0.2) is 0 Å². The minimum atomic E-state index is 0.142. The summed E-state index contributed by atoms with van der Waals surface area (Å²) in [6, 6.07) is 12.4. The van der Waals surface area contributed by atoms with Gasteiger partial charge in [0.25, 0.3) is 0 Å². The lowest BCUT2D eigenvalue weighted by molar-refractivity contribution is 0.119. The molecule has 16 heavy (non-hydrogen) atoms. The second-order valence-corrected chi connectivity index (χ2v) is 3.74. The van der Waals surface area contributed by atoms with Crippen molar-refractivity contribution in [3.05, 3.63) is 54.4 Å². The second kappa shape index (κ2) is 4.90. The molecule has 1 aromatic heterocycles. The molecule has 0 saturated carbocycles. The highest BCUT2D eigenvalue weighted by atomic mass is 16.5. The standard InChI is InChI=1S/C14H15NO/c1-11(16-2)12-5-7-13(8-6-12)14-4-3-9-15-10-14/h3-11H,1-2H3/t11-/m0/s1. The Kier molecular flexibility index (Phi) is 3.32. The molecule has 0 aliphatic heterocycles. The van der Waals surface area contributed by atoms with Crippen molar-refractivity contribution in [3.8, 4) is 11.1 Å². The van der Waals surface area contributed by atoms with Crippen molar-refractivity contribution in [2.24, 2.45) is 0 Å². The van der Waals surface area contributed by atoms with E-state index in [0.29, 0.717) is 0 Å². The summed E-state index contributed by atoms with van der Waals surface area (Å²) in [7, 11) is 1.72. The molecule has 0 N–H and O–H groups in total. The quantitative estimate of drug-likeness (QED) is 0.779. The van der Waals surface area contributed by atoms with E-state index in [1.165, 1.54) is 11.1 Å². The molecule has 2 nitrogen and oxygen atoms in total. The highest BCUT2D eigenvalue weighted by Crippen LogP contribution is 2.22. The maximum absolute atomic E-state index is 5.27. The van der Waals surface area contributed by atoms with Gasteiger partial charge in [-0.05, 0) is 29.7 Å². The Morgan fingerprint density at radius 2 is 1.81 bits per heavy atom. The number of pyridine rings is 1. The van der Waals surface area contributed by atoms with Crippen LogP contribution < -0.4 is 0 Å². The molecule has 0 aliphatic carbocycles. The van der Waals surface area contributed by atoms with Crippen molar-refractivity contribution in [2.45, 2.75) is 13.0 Å². The predicted octanol–water partition coefficient (Wildman–Crippen LogP) is 3.46. The van der Waals surface area contributed by atoms with Crippen molar-refractivity contribution in [2.75, 3.05) is 7.11 Å². The fraction of sp³-hybridized carbons (Fsp3) is 0.214. The molecule has 1 aromatic carbocycles. The molecular formula is C14H15NO. The van der Waals surface area contributed by atoms with Gasteiger partial charge >= 0.3 is 0 Å². The highest BCUT2D eigenvalue weighted by Gasteiger charge is 2.03.